The Balaban J connectivity index is 3.12. The first-order valence-corrected chi connectivity index (χ1v) is 8.39. The number of esters is 2. The van der Waals surface area contributed by atoms with Crippen molar-refractivity contribution in [3.63, 3.8) is 0 Å². The normalized spacial score (nSPS) is 29.3. The van der Waals surface area contributed by atoms with Gasteiger partial charge in [0, 0.05) is 25.7 Å². The van der Waals surface area contributed by atoms with Gasteiger partial charge in [0.2, 0.25) is 12.2 Å². The van der Waals surface area contributed by atoms with Gasteiger partial charge in [0.25, 0.3) is 0 Å². The maximum Gasteiger partial charge on any atom is 0.308 e. The zero-order chi connectivity index (χ0) is 19.2. The van der Waals surface area contributed by atoms with Crippen LogP contribution in [-0.2, 0) is 23.9 Å². The van der Waals surface area contributed by atoms with Gasteiger partial charge in [-0.15, -0.1) is 0 Å². The van der Waals surface area contributed by atoms with E-state index in [0.29, 0.717) is 12.8 Å². The fourth-order valence-electron chi connectivity index (χ4n) is 3.04. The average molecular weight is 361 g/mol. The monoisotopic (exact) mass is 361 g/mol. The largest absolute Gasteiger partial charge is 0.457 e. The summed E-state index contributed by atoms with van der Waals surface area (Å²) in [6.07, 6.45) is -3.45. The summed E-state index contributed by atoms with van der Waals surface area (Å²) >= 11 is 0. The summed E-state index contributed by atoms with van der Waals surface area (Å²) in [6.45, 7) is 4.05. The van der Waals surface area contributed by atoms with Gasteiger partial charge >= 0.3 is 11.9 Å². The van der Waals surface area contributed by atoms with Crippen molar-refractivity contribution in [1.82, 2.24) is 5.32 Å². The predicted molar refractivity (Wildman–Crippen MR) is 84.9 cm³/mol. The first-order chi connectivity index (χ1) is 11.7. The maximum atomic E-state index is 11.8. The highest BCUT2D eigenvalue weighted by Crippen LogP contribution is 2.44. The number of carbonyl (C=O) groups is 3. The van der Waals surface area contributed by atoms with E-state index in [1.807, 2.05) is 0 Å². The number of hydrogen-bond donors (Lipinski definition) is 4. The Morgan fingerprint density at radius 3 is 2.20 bits per heavy atom. The molecule has 0 spiro atoms. The van der Waals surface area contributed by atoms with E-state index in [9.17, 15) is 29.7 Å². The number of aliphatic hydroxyl groups is 3. The first-order valence-electron chi connectivity index (χ1n) is 8.39. The summed E-state index contributed by atoms with van der Waals surface area (Å²) in [4.78, 5) is 35.1. The molecule has 4 N–H and O–H groups in total. The van der Waals surface area contributed by atoms with Crippen LogP contribution >= 0.6 is 0 Å². The SMILES string of the molecule is CCCC(=O)OC1[C@H](O)C(CO)C1(NC(C)=O)[C@@H](O)OC(=O)CCC. The van der Waals surface area contributed by atoms with E-state index >= 15 is 0 Å². The topological polar surface area (TPSA) is 142 Å². The van der Waals surface area contributed by atoms with E-state index in [1.54, 1.807) is 13.8 Å². The van der Waals surface area contributed by atoms with Crippen LogP contribution in [0.25, 0.3) is 0 Å². The highest BCUT2D eigenvalue weighted by atomic mass is 16.6. The summed E-state index contributed by atoms with van der Waals surface area (Å²) in [5, 5.41) is 32.6. The standard InChI is InChI=1S/C16H27NO8/c1-4-6-11(20)24-14-13(22)10(8-18)16(14,17-9(3)19)15(23)25-12(21)7-5-2/h10,13-15,18,22-23H,4-8H2,1-3H3,(H,17,19)/t10?,13-,14?,15+,16?/m1/s1. The van der Waals surface area contributed by atoms with Crippen molar-refractivity contribution < 1.29 is 39.2 Å². The second-order valence-corrected chi connectivity index (χ2v) is 6.15. The maximum absolute atomic E-state index is 11.8. The molecule has 9 nitrogen and oxygen atoms in total. The fraction of sp³-hybridized carbons (Fsp3) is 0.812. The lowest BCUT2D eigenvalue weighted by Crippen LogP contribution is -2.83. The molecule has 0 saturated heterocycles. The zero-order valence-corrected chi connectivity index (χ0v) is 14.7. The minimum absolute atomic E-state index is 0.0415. The number of ether oxygens (including phenoxy) is 2. The molecule has 144 valence electrons. The zero-order valence-electron chi connectivity index (χ0n) is 14.7. The molecule has 25 heavy (non-hydrogen) atoms. The molecule has 0 aliphatic heterocycles. The Kier molecular flexibility index (Phi) is 7.78. The van der Waals surface area contributed by atoms with Gasteiger partial charge in [-0.05, 0) is 12.8 Å². The lowest BCUT2D eigenvalue weighted by molar-refractivity contribution is -0.280. The van der Waals surface area contributed by atoms with E-state index in [4.69, 9.17) is 9.47 Å². The summed E-state index contributed by atoms with van der Waals surface area (Å²) in [5.41, 5.74) is -1.81. The number of aliphatic hydroxyl groups excluding tert-OH is 3. The van der Waals surface area contributed by atoms with Crippen LogP contribution < -0.4 is 5.32 Å². The van der Waals surface area contributed by atoms with Crippen LogP contribution in [0.4, 0.5) is 0 Å². The molecule has 0 radical (unpaired) electrons. The molecule has 1 aliphatic rings. The van der Waals surface area contributed by atoms with Crippen molar-refractivity contribution in [2.75, 3.05) is 6.61 Å². The second kappa shape index (κ2) is 9.12. The van der Waals surface area contributed by atoms with Crippen molar-refractivity contribution in [3.8, 4) is 0 Å². The number of carbonyl (C=O) groups excluding carboxylic acids is 3. The third-order valence-electron chi connectivity index (χ3n) is 4.21. The van der Waals surface area contributed by atoms with Crippen LogP contribution in [0.1, 0.15) is 46.5 Å². The van der Waals surface area contributed by atoms with Gasteiger partial charge in [0.1, 0.15) is 11.6 Å². The molecule has 9 heteroatoms. The number of hydrogen-bond acceptors (Lipinski definition) is 8. The van der Waals surface area contributed by atoms with Gasteiger partial charge in [-0.25, -0.2) is 0 Å². The molecule has 3 unspecified atom stereocenters. The molecule has 0 aromatic carbocycles. The lowest BCUT2D eigenvalue weighted by atomic mass is 9.61. The minimum Gasteiger partial charge on any atom is -0.457 e. The smallest absolute Gasteiger partial charge is 0.308 e. The van der Waals surface area contributed by atoms with Crippen molar-refractivity contribution in [2.24, 2.45) is 5.92 Å². The second-order valence-electron chi connectivity index (χ2n) is 6.15. The highest BCUT2D eigenvalue weighted by Gasteiger charge is 2.69. The summed E-state index contributed by atoms with van der Waals surface area (Å²) in [6, 6.07) is 0. The van der Waals surface area contributed by atoms with Gasteiger partial charge < -0.3 is 30.1 Å². The van der Waals surface area contributed by atoms with Gasteiger partial charge in [-0.2, -0.15) is 0 Å². The fourth-order valence-corrected chi connectivity index (χ4v) is 3.04. The van der Waals surface area contributed by atoms with Gasteiger partial charge in [0.15, 0.2) is 6.10 Å². The van der Waals surface area contributed by atoms with Crippen LogP contribution in [0.15, 0.2) is 0 Å². The number of nitrogens with one attached hydrogen (secondary N) is 1. The molecular weight excluding hydrogens is 334 g/mol. The van der Waals surface area contributed by atoms with Crippen LogP contribution in [-0.4, -0.2) is 63.8 Å². The molecule has 0 aromatic heterocycles. The van der Waals surface area contributed by atoms with Crippen molar-refractivity contribution >= 4 is 17.8 Å². The summed E-state index contributed by atoms with van der Waals surface area (Å²) in [7, 11) is 0. The van der Waals surface area contributed by atoms with E-state index in [2.05, 4.69) is 5.32 Å². The molecule has 0 aromatic rings. The molecular formula is C16H27NO8. The Bertz CT molecular complexity index is 497. The van der Waals surface area contributed by atoms with Gasteiger partial charge in [-0.3, -0.25) is 14.4 Å². The summed E-state index contributed by atoms with van der Waals surface area (Å²) < 4.78 is 10.1. The van der Waals surface area contributed by atoms with Crippen LogP contribution in [0.2, 0.25) is 0 Å². The third-order valence-corrected chi connectivity index (χ3v) is 4.21. The molecule has 0 heterocycles. The predicted octanol–water partition coefficient (Wildman–Crippen LogP) is -0.782. The minimum atomic E-state index is -1.89. The Morgan fingerprint density at radius 2 is 1.72 bits per heavy atom. The van der Waals surface area contributed by atoms with Crippen molar-refractivity contribution in [3.05, 3.63) is 0 Å². The van der Waals surface area contributed by atoms with E-state index in [0.717, 1.165) is 6.92 Å². The van der Waals surface area contributed by atoms with Crippen LogP contribution in [0.3, 0.4) is 0 Å². The summed E-state index contributed by atoms with van der Waals surface area (Å²) in [5.74, 6) is -3.02. The number of rotatable bonds is 9. The van der Waals surface area contributed by atoms with E-state index in [-0.39, 0.29) is 12.8 Å². The van der Waals surface area contributed by atoms with Crippen LogP contribution in [0, 0.1) is 5.92 Å². The van der Waals surface area contributed by atoms with Crippen molar-refractivity contribution in [2.45, 2.75) is 70.5 Å². The van der Waals surface area contributed by atoms with E-state index < -0.39 is 54.4 Å². The number of amides is 1. The van der Waals surface area contributed by atoms with Gasteiger partial charge in [-0.1, -0.05) is 13.8 Å². The van der Waals surface area contributed by atoms with Crippen LogP contribution in [0.5, 0.6) is 0 Å². The van der Waals surface area contributed by atoms with Gasteiger partial charge in [0.05, 0.1) is 6.61 Å². The molecule has 0 bridgehead atoms. The molecule has 5 atom stereocenters. The first kappa shape index (κ1) is 21.3. The molecule has 1 fully saturated rings. The van der Waals surface area contributed by atoms with Crippen molar-refractivity contribution in [1.29, 1.82) is 0 Å². The Labute approximate surface area is 146 Å². The molecule has 1 saturated carbocycles. The quantitative estimate of drug-likeness (QED) is 0.309. The molecule has 1 amide bonds. The Hall–Kier alpha value is -1.71. The van der Waals surface area contributed by atoms with E-state index in [1.165, 1.54) is 0 Å². The highest BCUT2D eigenvalue weighted by molar-refractivity contribution is 5.75. The average Bonchev–Trinajstić information content (AvgIpc) is 2.52. The Morgan fingerprint density at radius 1 is 1.16 bits per heavy atom. The lowest BCUT2D eigenvalue weighted by Gasteiger charge is -2.58. The third kappa shape index (κ3) is 4.47. The molecule has 1 aliphatic carbocycles. The molecule has 1 rings (SSSR count).